The molecule has 2 N–H and O–H groups in total. The van der Waals surface area contributed by atoms with Gasteiger partial charge < -0.3 is 15.4 Å². The van der Waals surface area contributed by atoms with E-state index in [0.29, 0.717) is 30.3 Å². The maximum Gasteiger partial charge on any atom is 0.225 e. The van der Waals surface area contributed by atoms with Crippen molar-refractivity contribution in [1.29, 1.82) is 0 Å². The van der Waals surface area contributed by atoms with Gasteiger partial charge in [-0.1, -0.05) is 11.6 Å². The van der Waals surface area contributed by atoms with Crippen molar-refractivity contribution < 1.29 is 9.53 Å². The third kappa shape index (κ3) is 4.24. The van der Waals surface area contributed by atoms with Gasteiger partial charge in [0, 0.05) is 31.2 Å². The number of ether oxygens (including phenoxy) is 1. The molecule has 0 aromatic heterocycles. The summed E-state index contributed by atoms with van der Waals surface area (Å²) < 4.78 is 5.52. The molecule has 0 bridgehead atoms. The summed E-state index contributed by atoms with van der Waals surface area (Å²) in [4.78, 5) is 12.9. The van der Waals surface area contributed by atoms with E-state index in [4.69, 9.17) is 22.1 Å². The largest absolute Gasteiger partial charge is 0.493 e. The van der Waals surface area contributed by atoms with Crippen LogP contribution in [-0.4, -0.2) is 31.5 Å². The number of halogens is 1. The standard InChI is InChI=1S/C12H17ClN2O2/c1-15(2)12(16)5-6-17-11-4-3-10(13)7-9(11)8-14/h3-4,7H,5-6,8,14H2,1-2H3. The fraction of sp³-hybridized carbons (Fsp3) is 0.417. The van der Waals surface area contributed by atoms with Crippen LogP contribution in [-0.2, 0) is 11.3 Å². The monoisotopic (exact) mass is 256 g/mol. The van der Waals surface area contributed by atoms with Gasteiger partial charge in [0.1, 0.15) is 5.75 Å². The average molecular weight is 257 g/mol. The first-order valence-electron chi connectivity index (χ1n) is 5.36. The van der Waals surface area contributed by atoms with Gasteiger partial charge in [0.15, 0.2) is 0 Å². The lowest BCUT2D eigenvalue weighted by molar-refractivity contribution is -0.129. The highest BCUT2D eigenvalue weighted by atomic mass is 35.5. The molecule has 0 aliphatic carbocycles. The Hall–Kier alpha value is -1.26. The number of carbonyl (C=O) groups excluding carboxylic acids is 1. The molecule has 1 amide bonds. The quantitative estimate of drug-likeness (QED) is 0.872. The fourth-order valence-corrected chi connectivity index (χ4v) is 1.51. The molecular weight excluding hydrogens is 240 g/mol. The zero-order chi connectivity index (χ0) is 12.8. The Kier molecular flexibility index (Phi) is 5.25. The predicted octanol–water partition coefficient (Wildman–Crippen LogP) is 1.66. The van der Waals surface area contributed by atoms with Crippen LogP contribution < -0.4 is 10.5 Å². The van der Waals surface area contributed by atoms with Gasteiger partial charge in [-0.15, -0.1) is 0 Å². The van der Waals surface area contributed by atoms with Gasteiger partial charge in [0.2, 0.25) is 5.91 Å². The molecule has 1 rings (SSSR count). The van der Waals surface area contributed by atoms with Crippen LogP contribution in [0.1, 0.15) is 12.0 Å². The van der Waals surface area contributed by atoms with E-state index in [1.54, 1.807) is 32.3 Å². The molecule has 0 heterocycles. The van der Waals surface area contributed by atoms with Crippen LogP contribution >= 0.6 is 11.6 Å². The first-order valence-corrected chi connectivity index (χ1v) is 5.74. The van der Waals surface area contributed by atoms with Crippen molar-refractivity contribution in [2.45, 2.75) is 13.0 Å². The number of rotatable bonds is 5. The van der Waals surface area contributed by atoms with Crippen molar-refractivity contribution in [3.8, 4) is 5.75 Å². The molecule has 0 radical (unpaired) electrons. The van der Waals surface area contributed by atoms with E-state index in [1.807, 2.05) is 0 Å². The van der Waals surface area contributed by atoms with Gasteiger partial charge in [-0.25, -0.2) is 0 Å². The molecule has 0 atom stereocenters. The molecule has 0 spiro atoms. The van der Waals surface area contributed by atoms with Gasteiger partial charge in [-0.3, -0.25) is 4.79 Å². The molecule has 17 heavy (non-hydrogen) atoms. The molecule has 0 aliphatic rings. The Morgan fingerprint density at radius 3 is 2.76 bits per heavy atom. The summed E-state index contributed by atoms with van der Waals surface area (Å²) in [5.41, 5.74) is 6.43. The van der Waals surface area contributed by atoms with Gasteiger partial charge in [0.05, 0.1) is 13.0 Å². The Bertz CT molecular complexity index is 394. The SMILES string of the molecule is CN(C)C(=O)CCOc1ccc(Cl)cc1CN. The van der Waals surface area contributed by atoms with Gasteiger partial charge in [-0.2, -0.15) is 0 Å². The van der Waals surface area contributed by atoms with Crippen molar-refractivity contribution in [2.24, 2.45) is 5.73 Å². The molecule has 5 heteroatoms. The highest BCUT2D eigenvalue weighted by molar-refractivity contribution is 6.30. The number of amides is 1. The van der Waals surface area contributed by atoms with Crippen molar-refractivity contribution in [3.63, 3.8) is 0 Å². The molecule has 1 aromatic carbocycles. The first kappa shape index (κ1) is 13.8. The van der Waals surface area contributed by atoms with E-state index in [1.165, 1.54) is 4.90 Å². The molecule has 1 aromatic rings. The summed E-state index contributed by atoms with van der Waals surface area (Å²) in [5, 5.41) is 0.627. The summed E-state index contributed by atoms with van der Waals surface area (Å²) in [6.07, 6.45) is 0.347. The lowest BCUT2D eigenvalue weighted by atomic mass is 10.2. The molecule has 0 saturated heterocycles. The zero-order valence-electron chi connectivity index (χ0n) is 10.1. The van der Waals surface area contributed by atoms with E-state index < -0.39 is 0 Å². The Balaban J connectivity index is 2.54. The van der Waals surface area contributed by atoms with E-state index in [0.717, 1.165) is 5.56 Å². The Labute approximate surface area is 106 Å². The van der Waals surface area contributed by atoms with Crippen LogP contribution in [0.15, 0.2) is 18.2 Å². The molecule has 0 fully saturated rings. The highest BCUT2D eigenvalue weighted by Gasteiger charge is 2.06. The van der Waals surface area contributed by atoms with Crippen molar-refractivity contribution in [3.05, 3.63) is 28.8 Å². The number of benzene rings is 1. The van der Waals surface area contributed by atoms with Crippen LogP contribution in [0.2, 0.25) is 5.02 Å². The molecule has 0 saturated carbocycles. The Morgan fingerprint density at radius 1 is 1.47 bits per heavy atom. The van der Waals surface area contributed by atoms with Crippen LogP contribution in [0, 0.1) is 0 Å². The molecule has 94 valence electrons. The molecule has 0 aliphatic heterocycles. The van der Waals surface area contributed by atoms with Crippen molar-refractivity contribution in [1.82, 2.24) is 4.90 Å². The zero-order valence-corrected chi connectivity index (χ0v) is 10.8. The molecular formula is C12H17ClN2O2. The van der Waals surface area contributed by atoms with E-state index in [-0.39, 0.29) is 5.91 Å². The minimum absolute atomic E-state index is 0.0354. The third-order valence-electron chi connectivity index (χ3n) is 2.31. The summed E-state index contributed by atoms with van der Waals surface area (Å²) in [6.45, 7) is 0.698. The van der Waals surface area contributed by atoms with Crippen molar-refractivity contribution in [2.75, 3.05) is 20.7 Å². The number of nitrogens with zero attached hydrogens (tertiary/aromatic N) is 1. The topological polar surface area (TPSA) is 55.6 Å². The molecule has 4 nitrogen and oxygen atoms in total. The van der Waals surface area contributed by atoms with Crippen LogP contribution in [0.5, 0.6) is 5.75 Å². The fourth-order valence-electron chi connectivity index (χ4n) is 1.32. The van der Waals surface area contributed by atoms with Gasteiger partial charge in [-0.05, 0) is 18.2 Å². The van der Waals surface area contributed by atoms with Crippen LogP contribution in [0.25, 0.3) is 0 Å². The Morgan fingerprint density at radius 2 is 2.18 bits per heavy atom. The van der Waals surface area contributed by atoms with Crippen molar-refractivity contribution >= 4 is 17.5 Å². The normalized spacial score (nSPS) is 10.1. The van der Waals surface area contributed by atoms with E-state index >= 15 is 0 Å². The van der Waals surface area contributed by atoms with E-state index in [9.17, 15) is 4.79 Å². The molecule has 0 unspecified atom stereocenters. The lowest BCUT2D eigenvalue weighted by Gasteiger charge is -2.13. The average Bonchev–Trinajstić information content (AvgIpc) is 2.30. The number of hydrogen-bond donors (Lipinski definition) is 1. The number of carbonyl (C=O) groups is 1. The van der Waals surface area contributed by atoms with E-state index in [2.05, 4.69) is 0 Å². The highest BCUT2D eigenvalue weighted by Crippen LogP contribution is 2.22. The predicted molar refractivity (Wildman–Crippen MR) is 68.1 cm³/mol. The van der Waals surface area contributed by atoms with Gasteiger partial charge >= 0.3 is 0 Å². The number of hydrogen-bond acceptors (Lipinski definition) is 3. The smallest absolute Gasteiger partial charge is 0.225 e. The maximum absolute atomic E-state index is 11.3. The minimum atomic E-state index is 0.0354. The number of nitrogens with two attached hydrogens (primary N) is 1. The second kappa shape index (κ2) is 6.47. The van der Waals surface area contributed by atoms with Gasteiger partial charge in [0.25, 0.3) is 0 Å². The van der Waals surface area contributed by atoms with Crippen LogP contribution in [0.4, 0.5) is 0 Å². The summed E-state index contributed by atoms with van der Waals surface area (Å²) in [7, 11) is 3.44. The third-order valence-corrected chi connectivity index (χ3v) is 2.55. The minimum Gasteiger partial charge on any atom is -0.493 e. The summed E-state index contributed by atoms with van der Waals surface area (Å²) >= 11 is 5.85. The second-order valence-corrected chi connectivity index (χ2v) is 4.28. The summed E-state index contributed by atoms with van der Waals surface area (Å²) in [6, 6.07) is 5.28. The summed E-state index contributed by atoms with van der Waals surface area (Å²) in [5.74, 6) is 0.719. The second-order valence-electron chi connectivity index (χ2n) is 3.84. The van der Waals surface area contributed by atoms with Crippen LogP contribution in [0.3, 0.4) is 0 Å². The first-order chi connectivity index (χ1) is 8.04. The lowest BCUT2D eigenvalue weighted by Crippen LogP contribution is -2.23. The maximum atomic E-state index is 11.3.